The number of fused-ring (bicyclic) bond motifs is 5. The van der Waals surface area contributed by atoms with Gasteiger partial charge in [0.2, 0.25) is 0 Å². The van der Waals surface area contributed by atoms with Crippen LogP contribution in [0.2, 0.25) is 0 Å². The largest absolute Gasteiger partial charge is 0.144 e. The summed E-state index contributed by atoms with van der Waals surface area (Å²) in [6.07, 6.45) is 0. The number of benzene rings is 2. The van der Waals surface area contributed by atoms with Crippen LogP contribution in [0.4, 0.5) is 0 Å². The molecule has 2 heterocycles. The molecule has 16 heavy (non-hydrogen) atoms. The first-order valence-corrected chi connectivity index (χ1v) is 6.95. The fraction of sp³-hybridized carbons (Fsp3) is 0. The van der Waals surface area contributed by atoms with Crippen molar-refractivity contribution in [3.8, 4) is 0 Å². The quantitative estimate of drug-likeness (QED) is 0.393. The van der Waals surface area contributed by atoms with Gasteiger partial charge in [-0.05, 0) is 39.7 Å². The lowest BCUT2D eigenvalue weighted by Crippen LogP contribution is -1.73. The van der Waals surface area contributed by atoms with E-state index in [4.69, 9.17) is 0 Å². The summed E-state index contributed by atoms with van der Waals surface area (Å²) < 4.78 is 2.80. The SMILES string of the molecule is c1cc2c(ccc3ccc4ccsc4c32)s1. The maximum absolute atomic E-state index is 2.24. The first-order valence-electron chi connectivity index (χ1n) is 5.20. The summed E-state index contributed by atoms with van der Waals surface area (Å²) in [6.45, 7) is 0. The van der Waals surface area contributed by atoms with Crippen molar-refractivity contribution < 1.29 is 0 Å². The van der Waals surface area contributed by atoms with Crippen LogP contribution in [0.5, 0.6) is 0 Å². The van der Waals surface area contributed by atoms with Crippen LogP contribution in [0.3, 0.4) is 0 Å². The van der Waals surface area contributed by atoms with E-state index in [2.05, 4.69) is 47.2 Å². The van der Waals surface area contributed by atoms with E-state index in [-0.39, 0.29) is 0 Å². The van der Waals surface area contributed by atoms with Gasteiger partial charge in [0.15, 0.2) is 0 Å². The summed E-state index contributed by atoms with van der Waals surface area (Å²) in [5.41, 5.74) is 0. The number of hydrogen-bond donors (Lipinski definition) is 0. The Morgan fingerprint density at radius 3 is 2.50 bits per heavy atom. The Morgan fingerprint density at radius 1 is 0.688 bits per heavy atom. The van der Waals surface area contributed by atoms with Gasteiger partial charge in [-0.1, -0.05) is 18.2 Å². The minimum atomic E-state index is 1.35. The van der Waals surface area contributed by atoms with Crippen molar-refractivity contribution in [1.29, 1.82) is 0 Å². The fourth-order valence-corrected chi connectivity index (χ4v) is 4.05. The second kappa shape index (κ2) is 3.06. The van der Waals surface area contributed by atoms with Crippen molar-refractivity contribution >= 4 is 53.6 Å². The second-order valence-corrected chi connectivity index (χ2v) is 5.76. The molecule has 2 aromatic heterocycles. The molecular weight excluding hydrogens is 232 g/mol. The van der Waals surface area contributed by atoms with Crippen molar-refractivity contribution in [2.24, 2.45) is 0 Å². The third-order valence-electron chi connectivity index (χ3n) is 3.03. The molecule has 0 saturated heterocycles. The average Bonchev–Trinajstić information content (AvgIpc) is 2.96. The molecule has 0 amide bonds. The summed E-state index contributed by atoms with van der Waals surface area (Å²) in [5.74, 6) is 0. The van der Waals surface area contributed by atoms with Gasteiger partial charge in [0.05, 0.1) is 0 Å². The zero-order valence-electron chi connectivity index (χ0n) is 8.44. The predicted molar refractivity (Wildman–Crippen MR) is 74.7 cm³/mol. The molecule has 4 rings (SSSR count). The molecule has 0 bridgehead atoms. The van der Waals surface area contributed by atoms with Gasteiger partial charge in [-0.2, -0.15) is 0 Å². The molecule has 0 aliphatic heterocycles. The number of hydrogen-bond acceptors (Lipinski definition) is 2. The van der Waals surface area contributed by atoms with E-state index in [1.807, 2.05) is 22.7 Å². The minimum Gasteiger partial charge on any atom is -0.144 e. The van der Waals surface area contributed by atoms with Crippen LogP contribution >= 0.6 is 22.7 Å². The predicted octanol–water partition coefficient (Wildman–Crippen LogP) is 5.27. The van der Waals surface area contributed by atoms with Gasteiger partial charge in [0.1, 0.15) is 0 Å². The molecule has 0 aliphatic carbocycles. The molecule has 0 fully saturated rings. The normalized spacial score (nSPS) is 11.8. The maximum Gasteiger partial charge on any atom is 0.0427 e. The van der Waals surface area contributed by atoms with E-state index in [9.17, 15) is 0 Å². The van der Waals surface area contributed by atoms with Crippen LogP contribution in [0.15, 0.2) is 47.2 Å². The van der Waals surface area contributed by atoms with E-state index in [0.717, 1.165) is 0 Å². The summed E-state index contributed by atoms with van der Waals surface area (Å²) in [7, 11) is 0. The van der Waals surface area contributed by atoms with Crippen LogP contribution in [0.25, 0.3) is 30.9 Å². The molecular formula is C14H8S2. The van der Waals surface area contributed by atoms with Gasteiger partial charge >= 0.3 is 0 Å². The molecule has 4 aromatic rings. The van der Waals surface area contributed by atoms with E-state index < -0.39 is 0 Å². The highest BCUT2D eigenvalue weighted by molar-refractivity contribution is 7.19. The number of rotatable bonds is 0. The van der Waals surface area contributed by atoms with Gasteiger partial charge in [0.25, 0.3) is 0 Å². The molecule has 0 unspecified atom stereocenters. The van der Waals surface area contributed by atoms with E-state index in [1.54, 1.807) is 0 Å². The first kappa shape index (κ1) is 8.74. The summed E-state index contributed by atoms with van der Waals surface area (Å²) >= 11 is 3.66. The van der Waals surface area contributed by atoms with Crippen LogP contribution in [-0.4, -0.2) is 0 Å². The van der Waals surface area contributed by atoms with Crippen LogP contribution in [0.1, 0.15) is 0 Å². The highest BCUT2D eigenvalue weighted by Gasteiger charge is 2.06. The lowest BCUT2D eigenvalue weighted by molar-refractivity contribution is 1.92. The highest BCUT2D eigenvalue weighted by Crippen LogP contribution is 2.36. The lowest BCUT2D eigenvalue weighted by atomic mass is 10.1. The molecule has 0 atom stereocenters. The topological polar surface area (TPSA) is 0 Å². The van der Waals surface area contributed by atoms with Gasteiger partial charge in [-0.15, -0.1) is 22.7 Å². The second-order valence-electron chi connectivity index (χ2n) is 3.90. The lowest BCUT2D eigenvalue weighted by Gasteiger charge is -2.01. The molecule has 0 saturated carbocycles. The smallest absolute Gasteiger partial charge is 0.0427 e. The van der Waals surface area contributed by atoms with Crippen molar-refractivity contribution in [3.63, 3.8) is 0 Å². The molecule has 0 spiro atoms. The molecule has 2 aromatic carbocycles. The van der Waals surface area contributed by atoms with E-state index >= 15 is 0 Å². The minimum absolute atomic E-state index is 1.35. The van der Waals surface area contributed by atoms with Crippen molar-refractivity contribution in [2.75, 3.05) is 0 Å². The highest BCUT2D eigenvalue weighted by atomic mass is 32.1. The maximum atomic E-state index is 2.24. The third kappa shape index (κ3) is 1.03. The first-order chi connectivity index (χ1) is 7.93. The Hall–Kier alpha value is -1.38. The Morgan fingerprint density at radius 2 is 1.50 bits per heavy atom. The van der Waals surface area contributed by atoms with Crippen LogP contribution in [0, 0.1) is 0 Å². The van der Waals surface area contributed by atoms with Gasteiger partial charge in [-0.3, -0.25) is 0 Å². The summed E-state index contributed by atoms with van der Waals surface area (Å²) in [6, 6.07) is 13.3. The Bertz CT molecular complexity index is 740. The molecule has 76 valence electrons. The zero-order chi connectivity index (χ0) is 10.5. The summed E-state index contributed by atoms with van der Waals surface area (Å²) in [4.78, 5) is 0. The standard InChI is InChI=1S/C14H8S2/c1-2-10-5-7-16-14(10)13-9(1)3-4-12-11(13)6-8-15-12/h1-8H. The Labute approximate surface area is 101 Å². The molecule has 0 nitrogen and oxygen atoms in total. The third-order valence-corrected chi connectivity index (χ3v) is 4.86. The zero-order valence-corrected chi connectivity index (χ0v) is 10.1. The fourth-order valence-electron chi connectivity index (χ4n) is 2.29. The Kier molecular flexibility index (Phi) is 1.67. The Balaban J connectivity index is 2.44. The summed E-state index contributed by atoms with van der Waals surface area (Å²) in [5, 5.41) is 9.88. The van der Waals surface area contributed by atoms with Gasteiger partial charge < -0.3 is 0 Å². The van der Waals surface area contributed by atoms with Gasteiger partial charge in [0, 0.05) is 20.2 Å². The van der Waals surface area contributed by atoms with Crippen LogP contribution in [-0.2, 0) is 0 Å². The monoisotopic (exact) mass is 240 g/mol. The van der Waals surface area contributed by atoms with Crippen molar-refractivity contribution in [2.45, 2.75) is 0 Å². The average molecular weight is 240 g/mol. The van der Waals surface area contributed by atoms with Crippen LogP contribution < -0.4 is 0 Å². The van der Waals surface area contributed by atoms with E-state index in [1.165, 1.54) is 30.9 Å². The molecule has 0 N–H and O–H groups in total. The van der Waals surface area contributed by atoms with Crippen molar-refractivity contribution in [1.82, 2.24) is 0 Å². The molecule has 2 heteroatoms. The van der Waals surface area contributed by atoms with Crippen molar-refractivity contribution in [3.05, 3.63) is 47.2 Å². The van der Waals surface area contributed by atoms with Gasteiger partial charge in [-0.25, -0.2) is 0 Å². The molecule has 0 radical (unpaired) electrons. The molecule has 0 aliphatic rings. The number of thiophene rings is 2. The van der Waals surface area contributed by atoms with E-state index in [0.29, 0.717) is 0 Å².